The molecular weight excluding hydrogens is 296 g/mol. The SMILES string of the molecule is COCCN(CC(=O)O)C(=O)c1cccc(-c2ccccc2)n1. The number of carboxylic acids is 1. The van der Waals surface area contributed by atoms with Crippen molar-refractivity contribution >= 4 is 11.9 Å². The third-order valence-corrected chi connectivity index (χ3v) is 3.22. The first-order valence-electron chi connectivity index (χ1n) is 7.14. The van der Waals surface area contributed by atoms with Crippen LogP contribution in [0.5, 0.6) is 0 Å². The topological polar surface area (TPSA) is 79.7 Å². The Labute approximate surface area is 134 Å². The van der Waals surface area contributed by atoms with Crippen LogP contribution in [-0.4, -0.2) is 53.7 Å². The van der Waals surface area contributed by atoms with Gasteiger partial charge in [-0.2, -0.15) is 0 Å². The molecule has 1 aromatic heterocycles. The minimum Gasteiger partial charge on any atom is -0.480 e. The van der Waals surface area contributed by atoms with E-state index in [4.69, 9.17) is 9.84 Å². The first-order valence-corrected chi connectivity index (χ1v) is 7.14. The molecule has 0 aliphatic heterocycles. The Morgan fingerprint density at radius 3 is 2.52 bits per heavy atom. The lowest BCUT2D eigenvalue weighted by Crippen LogP contribution is -2.38. The Morgan fingerprint density at radius 1 is 1.13 bits per heavy atom. The van der Waals surface area contributed by atoms with Gasteiger partial charge in [-0.05, 0) is 12.1 Å². The smallest absolute Gasteiger partial charge is 0.323 e. The Kier molecular flexibility index (Phi) is 5.82. The lowest BCUT2D eigenvalue weighted by molar-refractivity contribution is -0.137. The number of methoxy groups -OCH3 is 1. The zero-order chi connectivity index (χ0) is 16.7. The molecule has 1 amide bonds. The van der Waals surface area contributed by atoms with Crippen LogP contribution in [0.25, 0.3) is 11.3 Å². The first kappa shape index (κ1) is 16.6. The number of carbonyl (C=O) groups excluding carboxylic acids is 1. The van der Waals surface area contributed by atoms with E-state index in [9.17, 15) is 9.59 Å². The maximum Gasteiger partial charge on any atom is 0.323 e. The molecule has 6 heteroatoms. The number of amides is 1. The van der Waals surface area contributed by atoms with E-state index in [1.807, 2.05) is 36.4 Å². The maximum atomic E-state index is 12.5. The van der Waals surface area contributed by atoms with Crippen LogP contribution in [-0.2, 0) is 9.53 Å². The highest BCUT2D eigenvalue weighted by Crippen LogP contribution is 2.17. The van der Waals surface area contributed by atoms with Gasteiger partial charge in [0.15, 0.2) is 0 Å². The molecule has 1 N–H and O–H groups in total. The van der Waals surface area contributed by atoms with Gasteiger partial charge < -0.3 is 14.7 Å². The van der Waals surface area contributed by atoms with Crippen LogP contribution in [0.15, 0.2) is 48.5 Å². The van der Waals surface area contributed by atoms with E-state index in [0.717, 1.165) is 5.56 Å². The second-order valence-electron chi connectivity index (χ2n) is 4.89. The molecule has 2 rings (SSSR count). The maximum absolute atomic E-state index is 12.5. The van der Waals surface area contributed by atoms with Gasteiger partial charge in [-0.3, -0.25) is 9.59 Å². The van der Waals surface area contributed by atoms with Crippen molar-refractivity contribution in [1.29, 1.82) is 0 Å². The Morgan fingerprint density at radius 2 is 1.87 bits per heavy atom. The van der Waals surface area contributed by atoms with Crippen LogP contribution in [0, 0.1) is 0 Å². The summed E-state index contributed by atoms with van der Waals surface area (Å²) in [6, 6.07) is 14.6. The summed E-state index contributed by atoms with van der Waals surface area (Å²) < 4.78 is 4.93. The summed E-state index contributed by atoms with van der Waals surface area (Å²) in [5.41, 5.74) is 1.77. The van der Waals surface area contributed by atoms with E-state index in [1.54, 1.807) is 12.1 Å². The second-order valence-corrected chi connectivity index (χ2v) is 4.89. The predicted octanol–water partition coefficient (Wildman–Crippen LogP) is 1.92. The highest BCUT2D eigenvalue weighted by atomic mass is 16.5. The molecule has 6 nitrogen and oxygen atoms in total. The molecule has 23 heavy (non-hydrogen) atoms. The predicted molar refractivity (Wildman–Crippen MR) is 85.1 cm³/mol. The number of rotatable bonds is 7. The summed E-state index contributed by atoms with van der Waals surface area (Å²) in [6.07, 6.45) is 0. The van der Waals surface area contributed by atoms with Crippen molar-refractivity contribution in [3.63, 3.8) is 0 Å². The van der Waals surface area contributed by atoms with Gasteiger partial charge in [-0.15, -0.1) is 0 Å². The molecular formula is C17H18N2O4. The van der Waals surface area contributed by atoms with Crippen LogP contribution in [0.4, 0.5) is 0 Å². The monoisotopic (exact) mass is 314 g/mol. The summed E-state index contributed by atoms with van der Waals surface area (Å²) in [5, 5.41) is 8.96. The number of carboxylic acid groups (broad SMARTS) is 1. The zero-order valence-corrected chi connectivity index (χ0v) is 12.8. The number of pyridine rings is 1. The van der Waals surface area contributed by atoms with Gasteiger partial charge in [0.1, 0.15) is 12.2 Å². The van der Waals surface area contributed by atoms with Crippen LogP contribution in [0.2, 0.25) is 0 Å². The summed E-state index contributed by atoms with van der Waals surface area (Å²) in [6.45, 7) is 0.0652. The summed E-state index contributed by atoms with van der Waals surface area (Å²) >= 11 is 0. The molecule has 1 heterocycles. The standard InChI is InChI=1S/C17H18N2O4/c1-23-11-10-19(12-16(20)21)17(22)15-9-5-8-14(18-15)13-6-3-2-4-7-13/h2-9H,10-12H2,1H3,(H,20,21). The van der Waals surface area contributed by atoms with Crippen molar-refractivity contribution in [1.82, 2.24) is 9.88 Å². The van der Waals surface area contributed by atoms with Crippen molar-refractivity contribution in [3.8, 4) is 11.3 Å². The van der Waals surface area contributed by atoms with E-state index in [1.165, 1.54) is 12.0 Å². The van der Waals surface area contributed by atoms with Crippen molar-refractivity contribution in [2.75, 3.05) is 26.8 Å². The van der Waals surface area contributed by atoms with Gasteiger partial charge >= 0.3 is 5.97 Å². The lowest BCUT2D eigenvalue weighted by Gasteiger charge is -2.20. The molecule has 2 aromatic rings. The van der Waals surface area contributed by atoms with Crippen LogP contribution < -0.4 is 0 Å². The number of nitrogens with zero attached hydrogens (tertiary/aromatic N) is 2. The largest absolute Gasteiger partial charge is 0.480 e. The number of ether oxygens (including phenoxy) is 1. The number of carbonyl (C=O) groups is 2. The number of aromatic nitrogens is 1. The summed E-state index contributed by atoms with van der Waals surface area (Å²) in [5.74, 6) is -1.50. The number of hydrogen-bond acceptors (Lipinski definition) is 4. The van der Waals surface area contributed by atoms with Crippen LogP contribution in [0.3, 0.4) is 0 Å². The highest BCUT2D eigenvalue weighted by molar-refractivity contribution is 5.94. The molecule has 0 unspecified atom stereocenters. The zero-order valence-electron chi connectivity index (χ0n) is 12.8. The van der Waals surface area contributed by atoms with Crippen molar-refractivity contribution in [2.24, 2.45) is 0 Å². The van der Waals surface area contributed by atoms with Gasteiger partial charge in [0.25, 0.3) is 5.91 Å². The molecule has 0 aliphatic carbocycles. The third kappa shape index (κ3) is 4.62. The third-order valence-electron chi connectivity index (χ3n) is 3.22. The lowest BCUT2D eigenvalue weighted by atomic mass is 10.1. The Balaban J connectivity index is 2.25. The van der Waals surface area contributed by atoms with Crippen molar-refractivity contribution in [3.05, 3.63) is 54.2 Å². The molecule has 0 radical (unpaired) electrons. The van der Waals surface area contributed by atoms with E-state index in [0.29, 0.717) is 5.69 Å². The molecule has 120 valence electrons. The Hall–Kier alpha value is -2.73. The molecule has 0 spiro atoms. The average molecular weight is 314 g/mol. The highest BCUT2D eigenvalue weighted by Gasteiger charge is 2.19. The fourth-order valence-electron chi connectivity index (χ4n) is 2.10. The molecule has 1 aromatic carbocycles. The van der Waals surface area contributed by atoms with E-state index in [2.05, 4.69) is 4.98 Å². The van der Waals surface area contributed by atoms with Gasteiger partial charge in [-0.1, -0.05) is 36.4 Å². The van der Waals surface area contributed by atoms with Crippen LogP contribution in [0.1, 0.15) is 10.5 Å². The number of aliphatic carboxylic acids is 1. The van der Waals surface area contributed by atoms with Gasteiger partial charge in [0, 0.05) is 19.2 Å². The van der Waals surface area contributed by atoms with E-state index >= 15 is 0 Å². The molecule has 0 fully saturated rings. The second kappa shape index (κ2) is 8.05. The van der Waals surface area contributed by atoms with Crippen molar-refractivity contribution < 1.29 is 19.4 Å². The normalized spacial score (nSPS) is 10.3. The fourth-order valence-corrected chi connectivity index (χ4v) is 2.10. The van der Waals surface area contributed by atoms with Gasteiger partial charge in [-0.25, -0.2) is 4.98 Å². The molecule has 0 saturated carbocycles. The minimum atomic E-state index is -1.08. The average Bonchev–Trinajstić information content (AvgIpc) is 2.58. The fraction of sp³-hybridized carbons (Fsp3) is 0.235. The quantitative estimate of drug-likeness (QED) is 0.844. The summed E-state index contributed by atoms with van der Waals surface area (Å²) in [4.78, 5) is 29.0. The number of hydrogen-bond donors (Lipinski definition) is 1. The van der Waals surface area contributed by atoms with Gasteiger partial charge in [0.2, 0.25) is 0 Å². The molecule has 0 bridgehead atoms. The number of benzene rings is 1. The molecule has 0 aliphatic rings. The first-order chi connectivity index (χ1) is 11.1. The van der Waals surface area contributed by atoms with E-state index in [-0.39, 0.29) is 25.4 Å². The minimum absolute atomic E-state index is 0.193. The molecule has 0 atom stereocenters. The van der Waals surface area contributed by atoms with Crippen molar-refractivity contribution in [2.45, 2.75) is 0 Å². The molecule has 0 saturated heterocycles. The summed E-state index contributed by atoms with van der Waals surface area (Å²) in [7, 11) is 1.50. The van der Waals surface area contributed by atoms with E-state index < -0.39 is 11.9 Å². The van der Waals surface area contributed by atoms with Crippen LogP contribution >= 0.6 is 0 Å². The Bertz CT molecular complexity index is 673. The van der Waals surface area contributed by atoms with Gasteiger partial charge in [0.05, 0.1) is 12.3 Å².